The molecule has 3 aromatic rings. The maximum absolute atomic E-state index is 12.5. The van der Waals surface area contributed by atoms with Gasteiger partial charge >= 0.3 is 23.8 Å². The zero-order chi connectivity index (χ0) is 22.5. The van der Waals surface area contributed by atoms with Crippen LogP contribution < -0.4 is 15.4 Å². The van der Waals surface area contributed by atoms with Gasteiger partial charge in [-0.25, -0.2) is 0 Å². The number of aromatic nitrogens is 2. The van der Waals surface area contributed by atoms with Crippen molar-refractivity contribution in [2.24, 2.45) is 5.92 Å². The predicted octanol–water partition coefficient (Wildman–Crippen LogP) is 4.43. The van der Waals surface area contributed by atoms with Crippen LogP contribution in [-0.4, -0.2) is 34.3 Å². The molecule has 1 aliphatic carbocycles. The van der Waals surface area contributed by atoms with Crippen LogP contribution in [-0.2, 0) is 4.79 Å². The number of rotatable bonds is 7. The Hall–Kier alpha value is -3.88. The number of anilines is 3. The number of hydrogen-bond acceptors (Lipinski definition) is 7. The highest BCUT2D eigenvalue weighted by molar-refractivity contribution is 6.00. The highest BCUT2D eigenvalue weighted by Gasteiger charge is 2.26. The van der Waals surface area contributed by atoms with Gasteiger partial charge in [0, 0.05) is 5.69 Å². The van der Waals surface area contributed by atoms with E-state index >= 15 is 0 Å². The number of carbonyl (C=O) groups is 2. The summed E-state index contributed by atoms with van der Waals surface area (Å²) in [7, 11) is 1.56. The van der Waals surface area contributed by atoms with Crippen molar-refractivity contribution in [3.05, 3.63) is 60.0 Å². The third-order valence-corrected chi connectivity index (χ3v) is 5.68. The molecular formula is C23H24N4O5. The minimum Gasteiger partial charge on any atom is -0.495 e. The molecule has 0 radical (unpaired) electrons. The first-order valence-electron chi connectivity index (χ1n) is 10.4. The van der Waals surface area contributed by atoms with Gasteiger partial charge in [-0.15, -0.1) is 5.10 Å². The van der Waals surface area contributed by atoms with Crippen LogP contribution in [0.1, 0.15) is 47.8 Å². The number of carbonyl (C=O) groups excluding carboxylic acids is 1. The molecule has 1 aliphatic rings. The van der Waals surface area contributed by atoms with Crippen LogP contribution in [0.3, 0.4) is 0 Å². The fraction of sp³-hybridized carbons (Fsp3) is 0.304. The summed E-state index contributed by atoms with van der Waals surface area (Å²) in [6.45, 7) is 0. The number of nitrogens with one attached hydrogen (secondary N) is 2. The molecule has 4 rings (SSSR count). The summed E-state index contributed by atoms with van der Waals surface area (Å²) < 4.78 is 10.7. The van der Waals surface area contributed by atoms with E-state index in [1.54, 1.807) is 19.2 Å². The zero-order valence-corrected chi connectivity index (χ0v) is 17.6. The van der Waals surface area contributed by atoms with Gasteiger partial charge in [0.05, 0.1) is 18.7 Å². The molecule has 0 bridgehead atoms. The van der Waals surface area contributed by atoms with Crippen molar-refractivity contribution in [3.8, 4) is 5.75 Å². The van der Waals surface area contributed by atoms with Crippen LogP contribution in [0, 0.1) is 5.92 Å². The number of ether oxygens (including phenoxy) is 1. The maximum atomic E-state index is 12.5. The second-order valence-electron chi connectivity index (χ2n) is 7.70. The van der Waals surface area contributed by atoms with Gasteiger partial charge in [-0.2, -0.15) is 0 Å². The molecule has 9 heteroatoms. The van der Waals surface area contributed by atoms with E-state index in [1.807, 2.05) is 36.4 Å². The third kappa shape index (κ3) is 4.88. The van der Waals surface area contributed by atoms with Gasteiger partial charge in [0.15, 0.2) is 0 Å². The normalized spacial score (nSPS) is 18.0. The quantitative estimate of drug-likeness (QED) is 0.496. The first-order valence-corrected chi connectivity index (χ1v) is 10.4. The Morgan fingerprint density at radius 1 is 1.03 bits per heavy atom. The van der Waals surface area contributed by atoms with Crippen LogP contribution in [0.2, 0.25) is 0 Å². The molecule has 9 nitrogen and oxygen atoms in total. The first-order chi connectivity index (χ1) is 15.5. The van der Waals surface area contributed by atoms with Crippen LogP contribution in [0.25, 0.3) is 0 Å². The van der Waals surface area contributed by atoms with Crippen molar-refractivity contribution in [1.82, 2.24) is 10.2 Å². The Morgan fingerprint density at radius 2 is 1.75 bits per heavy atom. The lowest BCUT2D eigenvalue weighted by Crippen LogP contribution is -2.20. The maximum Gasteiger partial charge on any atom is 0.320 e. The van der Waals surface area contributed by atoms with E-state index in [0.717, 1.165) is 18.4 Å². The summed E-state index contributed by atoms with van der Waals surface area (Å²) in [4.78, 5) is 23.6. The predicted molar refractivity (Wildman–Crippen MR) is 117 cm³/mol. The van der Waals surface area contributed by atoms with E-state index in [1.165, 1.54) is 0 Å². The van der Waals surface area contributed by atoms with Gasteiger partial charge in [-0.05, 0) is 61.4 Å². The molecule has 1 heterocycles. The van der Waals surface area contributed by atoms with E-state index in [9.17, 15) is 9.59 Å². The largest absolute Gasteiger partial charge is 0.495 e. The summed E-state index contributed by atoms with van der Waals surface area (Å²) in [6, 6.07) is 14.9. The highest BCUT2D eigenvalue weighted by atomic mass is 16.5. The summed E-state index contributed by atoms with van der Waals surface area (Å²) >= 11 is 0. The number of nitrogens with zero attached hydrogens (tertiary/aromatic N) is 2. The van der Waals surface area contributed by atoms with Crippen LogP contribution in [0.15, 0.2) is 52.9 Å². The second-order valence-corrected chi connectivity index (χ2v) is 7.70. The molecule has 1 aromatic heterocycles. The standard InChI is InChI=1S/C23H24N4O5/c1-31-19-5-3-2-4-18(19)25-23-27-26-21(32-23)20(28)24-17-12-10-15(11-13-17)14-6-8-16(9-7-14)22(29)30/h2-5,10-14,16H,6-9H2,1H3,(H,24,28)(H,25,27)(H,29,30). The van der Waals surface area contributed by atoms with Crippen LogP contribution in [0.5, 0.6) is 5.75 Å². The number of benzene rings is 2. The third-order valence-electron chi connectivity index (χ3n) is 5.68. The van der Waals surface area contributed by atoms with Crippen LogP contribution in [0.4, 0.5) is 17.4 Å². The Balaban J connectivity index is 1.35. The number of amides is 1. The number of carboxylic acid groups (broad SMARTS) is 1. The van der Waals surface area contributed by atoms with Crippen molar-refractivity contribution in [3.63, 3.8) is 0 Å². The molecule has 0 atom stereocenters. The zero-order valence-electron chi connectivity index (χ0n) is 17.6. The molecule has 1 amide bonds. The Morgan fingerprint density at radius 3 is 2.44 bits per heavy atom. The lowest BCUT2D eigenvalue weighted by Gasteiger charge is -2.26. The minimum absolute atomic E-state index is 0.0759. The van der Waals surface area contributed by atoms with Gasteiger partial charge in [0.2, 0.25) is 0 Å². The van der Waals surface area contributed by atoms with Gasteiger partial charge in [-0.3, -0.25) is 9.59 Å². The van der Waals surface area contributed by atoms with E-state index in [-0.39, 0.29) is 17.8 Å². The summed E-state index contributed by atoms with van der Waals surface area (Å²) in [5, 5.41) is 22.5. The fourth-order valence-electron chi connectivity index (χ4n) is 3.93. The van der Waals surface area contributed by atoms with Crippen molar-refractivity contribution >= 4 is 29.3 Å². The average Bonchev–Trinajstić information content (AvgIpc) is 3.29. The molecule has 32 heavy (non-hydrogen) atoms. The lowest BCUT2D eigenvalue weighted by atomic mass is 9.79. The molecular weight excluding hydrogens is 412 g/mol. The van der Waals surface area contributed by atoms with E-state index in [2.05, 4.69) is 20.8 Å². The Labute approximate surface area is 184 Å². The number of aliphatic carboxylic acids is 1. The highest BCUT2D eigenvalue weighted by Crippen LogP contribution is 2.36. The van der Waals surface area contributed by atoms with E-state index in [0.29, 0.717) is 35.9 Å². The smallest absolute Gasteiger partial charge is 0.320 e. The van der Waals surface area contributed by atoms with E-state index < -0.39 is 11.9 Å². The number of carboxylic acids is 1. The van der Waals surface area contributed by atoms with Gasteiger partial charge in [0.25, 0.3) is 0 Å². The van der Waals surface area contributed by atoms with Crippen molar-refractivity contribution in [2.45, 2.75) is 31.6 Å². The molecule has 0 saturated heterocycles. The minimum atomic E-state index is -0.705. The second kappa shape index (κ2) is 9.51. The SMILES string of the molecule is COc1ccccc1Nc1nnc(C(=O)Nc2ccc(C3CCC(C(=O)O)CC3)cc2)o1. The molecule has 0 aliphatic heterocycles. The molecule has 166 valence electrons. The molecule has 3 N–H and O–H groups in total. The topological polar surface area (TPSA) is 127 Å². The summed E-state index contributed by atoms with van der Waals surface area (Å²) in [5.41, 5.74) is 2.39. The molecule has 2 aromatic carbocycles. The number of hydrogen-bond donors (Lipinski definition) is 3. The van der Waals surface area contributed by atoms with Gasteiger partial charge < -0.3 is 24.9 Å². The first kappa shape index (κ1) is 21.4. The monoisotopic (exact) mass is 436 g/mol. The molecule has 0 unspecified atom stereocenters. The Kier molecular flexibility index (Phi) is 6.34. The summed E-state index contributed by atoms with van der Waals surface area (Å²) in [6.07, 6.45) is 3.10. The molecule has 1 fully saturated rings. The van der Waals surface area contributed by atoms with Crippen molar-refractivity contribution < 1.29 is 23.8 Å². The average molecular weight is 436 g/mol. The molecule has 1 saturated carbocycles. The fourth-order valence-corrected chi connectivity index (χ4v) is 3.93. The number of para-hydroxylation sites is 2. The van der Waals surface area contributed by atoms with E-state index in [4.69, 9.17) is 14.3 Å². The number of methoxy groups -OCH3 is 1. The van der Waals surface area contributed by atoms with Gasteiger partial charge in [-0.1, -0.05) is 29.4 Å². The summed E-state index contributed by atoms with van der Waals surface area (Å²) in [5.74, 6) is -0.674. The van der Waals surface area contributed by atoms with Crippen LogP contribution >= 0.6 is 0 Å². The Bertz CT molecular complexity index is 1090. The molecule has 0 spiro atoms. The van der Waals surface area contributed by atoms with Crippen molar-refractivity contribution in [1.29, 1.82) is 0 Å². The lowest BCUT2D eigenvalue weighted by molar-refractivity contribution is -0.142. The van der Waals surface area contributed by atoms with Crippen molar-refractivity contribution in [2.75, 3.05) is 17.7 Å². The van der Waals surface area contributed by atoms with Gasteiger partial charge in [0.1, 0.15) is 5.75 Å².